The summed E-state index contributed by atoms with van der Waals surface area (Å²) in [5, 5.41) is 14.0. The predicted molar refractivity (Wildman–Crippen MR) is 152 cm³/mol. The number of nitrogens with zero attached hydrogens (tertiary/aromatic N) is 2. The first-order valence-electron chi connectivity index (χ1n) is 14.2. The number of aromatic nitrogens is 1. The fourth-order valence-electron chi connectivity index (χ4n) is 3.98. The number of epoxide rings is 1. The summed E-state index contributed by atoms with van der Waals surface area (Å²) < 4.78 is 15.3. The van der Waals surface area contributed by atoms with Gasteiger partial charge in [0.05, 0.1) is 37.9 Å². The van der Waals surface area contributed by atoms with E-state index < -0.39 is 54.0 Å². The minimum atomic E-state index is -0.952. The first-order valence-corrected chi connectivity index (χ1v) is 14.2. The molecule has 0 radical (unpaired) electrons. The van der Waals surface area contributed by atoms with Gasteiger partial charge in [-0.2, -0.15) is 0 Å². The lowest BCUT2D eigenvalue weighted by atomic mass is 9.93. The lowest BCUT2D eigenvalue weighted by Crippen LogP contribution is -2.53. The fraction of sp³-hybridized carbons (Fsp3) is 0.679. The van der Waals surface area contributed by atoms with Gasteiger partial charge < -0.3 is 40.2 Å². The Kier molecular flexibility index (Phi) is 13.1. The number of ether oxygens (including phenoxy) is 2. The van der Waals surface area contributed by atoms with Gasteiger partial charge in [0, 0.05) is 20.2 Å². The van der Waals surface area contributed by atoms with E-state index in [2.05, 4.69) is 26.4 Å². The third-order valence-corrected chi connectivity index (χ3v) is 6.34. The molecule has 5 amide bonds. The fourth-order valence-corrected chi connectivity index (χ4v) is 3.98. The van der Waals surface area contributed by atoms with Gasteiger partial charge in [0.25, 0.3) is 0 Å². The monoisotopic (exact) mass is 608 g/mol. The Labute approximate surface area is 251 Å². The van der Waals surface area contributed by atoms with E-state index in [1.165, 1.54) is 25.1 Å². The summed E-state index contributed by atoms with van der Waals surface area (Å²) in [7, 11) is 3.07. The third kappa shape index (κ3) is 12.4. The zero-order valence-corrected chi connectivity index (χ0v) is 25.9. The van der Waals surface area contributed by atoms with Crippen LogP contribution in [0, 0.1) is 11.8 Å². The topological polar surface area (TPSA) is 202 Å². The van der Waals surface area contributed by atoms with Gasteiger partial charge in [0.15, 0.2) is 18.2 Å². The van der Waals surface area contributed by atoms with Crippen LogP contribution in [-0.4, -0.2) is 97.0 Å². The van der Waals surface area contributed by atoms with Crippen molar-refractivity contribution in [2.75, 3.05) is 33.8 Å². The molecule has 2 heterocycles. The number of carbonyl (C=O) groups is 6. The van der Waals surface area contributed by atoms with E-state index in [-0.39, 0.29) is 55.1 Å². The quantitative estimate of drug-likeness (QED) is 0.175. The number of rotatable bonds is 17. The molecular weight excluding hydrogens is 564 g/mol. The van der Waals surface area contributed by atoms with Gasteiger partial charge in [-0.05, 0) is 31.6 Å². The van der Waals surface area contributed by atoms with Crippen molar-refractivity contribution in [2.45, 2.75) is 78.2 Å². The van der Waals surface area contributed by atoms with E-state index in [0.29, 0.717) is 13.0 Å². The van der Waals surface area contributed by atoms with Crippen molar-refractivity contribution in [3.63, 3.8) is 0 Å². The molecular formula is C28H44N6O9. The van der Waals surface area contributed by atoms with Crippen LogP contribution >= 0.6 is 0 Å². The van der Waals surface area contributed by atoms with Crippen molar-refractivity contribution in [1.29, 1.82) is 0 Å². The lowest BCUT2D eigenvalue weighted by Gasteiger charge is -2.22. The Balaban J connectivity index is 1.82. The standard InChI is InChI=1S/C28H44N6O9/c1-16(2)8-20(25(38)28(5)15-42-28)31-24(37)13-30-26(39)21(9-17(3)4)32-23(36)12-29-22(35)11-18-10-19(43-33-18)14-41-27(40)34(6)7/h10,16-17,20-21H,8-9,11-15H2,1-7H3,(H,29,35)(H,30,39)(H,31,37)(H,32,36)/t20-,21-,28+/m0/s1. The highest BCUT2D eigenvalue weighted by Crippen LogP contribution is 2.29. The van der Waals surface area contributed by atoms with Gasteiger partial charge in [-0.1, -0.05) is 32.9 Å². The van der Waals surface area contributed by atoms with Crippen molar-refractivity contribution >= 4 is 35.5 Å². The SMILES string of the molecule is CC(C)C[C@H](NC(=O)CNC(=O)Cc1cc(COC(=O)N(C)C)on1)C(=O)NCC(=O)N[C@@H](CC(C)C)C(=O)[C@@]1(C)CO1. The van der Waals surface area contributed by atoms with Crippen LogP contribution in [0.15, 0.2) is 10.6 Å². The smallest absolute Gasteiger partial charge is 0.409 e. The van der Waals surface area contributed by atoms with Crippen LogP contribution in [0.4, 0.5) is 4.79 Å². The van der Waals surface area contributed by atoms with Gasteiger partial charge in [-0.25, -0.2) is 4.79 Å². The highest BCUT2D eigenvalue weighted by molar-refractivity contribution is 5.97. The van der Waals surface area contributed by atoms with Crippen molar-refractivity contribution in [3.8, 4) is 0 Å². The second-order valence-electron chi connectivity index (χ2n) is 11.8. The second-order valence-corrected chi connectivity index (χ2v) is 11.8. The van der Waals surface area contributed by atoms with Gasteiger partial charge in [0.2, 0.25) is 23.6 Å². The number of amides is 5. The molecule has 1 saturated heterocycles. The number of carbonyl (C=O) groups excluding carboxylic acids is 6. The van der Waals surface area contributed by atoms with E-state index in [1.807, 2.05) is 27.7 Å². The molecule has 0 aromatic carbocycles. The molecule has 3 atom stereocenters. The largest absolute Gasteiger partial charge is 0.441 e. The average Bonchev–Trinajstić information content (AvgIpc) is 3.52. The number of Topliss-reactive ketones (excluding diaryl/α,β-unsaturated/α-hetero) is 1. The summed E-state index contributed by atoms with van der Waals surface area (Å²) in [5.41, 5.74) is -0.612. The van der Waals surface area contributed by atoms with Crippen molar-refractivity contribution in [3.05, 3.63) is 17.5 Å². The highest BCUT2D eigenvalue weighted by atomic mass is 16.6. The van der Waals surface area contributed by atoms with Gasteiger partial charge in [-0.3, -0.25) is 24.0 Å². The molecule has 1 aromatic rings. The molecule has 1 aromatic heterocycles. The maximum atomic E-state index is 12.9. The minimum absolute atomic E-state index is 0.0326. The van der Waals surface area contributed by atoms with E-state index in [4.69, 9.17) is 14.0 Å². The molecule has 1 aliphatic heterocycles. The van der Waals surface area contributed by atoms with E-state index in [1.54, 1.807) is 6.92 Å². The van der Waals surface area contributed by atoms with Crippen LogP contribution in [0.5, 0.6) is 0 Å². The molecule has 240 valence electrons. The van der Waals surface area contributed by atoms with Crippen LogP contribution < -0.4 is 21.3 Å². The van der Waals surface area contributed by atoms with E-state index in [9.17, 15) is 28.8 Å². The Hall–Kier alpha value is -4.01. The van der Waals surface area contributed by atoms with Crippen LogP contribution in [0.1, 0.15) is 58.9 Å². The maximum absolute atomic E-state index is 12.9. The molecule has 0 unspecified atom stereocenters. The van der Waals surface area contributed by atoms with Crippen LogP contribution in [-0.2, 0) is 46.5 Å². The Morgan fingerprint density at radius 2 is 1.49 bits per heavy atom. The maximum Gasteiger partial charge on any atom is 0.409 e. The molecule has 2 rings (SSSR count). The summed E-state index contributed by atoms with van der Waals surface area (Å²) in [6, 6.07) is -0.230. The Bertz CT molecular complexity index is 1160. The van der Waals surface area contributed by atoms with Crippen molar-refractivity contribution in [1.82, 2.24) is 31.3 Å². The molecule has 4 N–H and O–H groups in total. The summed E-state index contributed by atoms with van der Waals surface area (Å²) in [6.45, 7) is 8.67. The van der Waals surface area contributed by atoms with Crippen molar-refractivity contribution < 1.29 is 42.8 Å². The number of nitrogens with one attached hydrogen (secondary N) is 4. The summed E-state index contributed by atoms with van der Waals surface area (Å²) in [6.07, 6.45) is -0.0267. The molecule has 1 aliphatic rings. The highest BCUT2D eigenvalue weighted by Gasteiger charge is 2.50. The zero-order chi connectivity index (χ0) is 32.3. The van der Waals surface area contributed by atoms with Crippen LogP contribution in [0.2, 0.25) is 0 Å². The predicted octanol–water partition coefficient (Wildman–Crippen LogP) is 0.0675. The zero-order valence-electron chi connectivity index (χ0n) is 25.9. The summed E-state index contributed by atoms with van der Waals surface area (Å²) in [4.78, 5) is 75.8. The normalized spacial score (nSPS) is 17.0. The number of hydrogen-bond donors (Lipinski definition) is 4. The first-order chi connectivity index (χ1) is 20.1. The molecule has 1 fully saturated rings. The van der Waals surface area contributed by atoms with Gasteiger partial charge in [-0.15, -0.1) is 0 Å². The molecule has 15 nitrogen and oxygen atoms in total. The van der Waals surface area contributed by atoms with E-state index >= 15 is 0 Å². The number of hydrogen-bond acceptors (Lipinski definition) is 10. The second kappa shape index (κ2) is 16.0. The van der Waals surface area contributed by atoms with Gasteiger partial charge >= 0.3 is 6.09 Å². The molecule has 0 spiro atoms. The van der Waals surface area contributed by atoms with Crippen LogP contribution in [0.3, 0.4) is 0 Å². The minimum Gasteiger partial charge on any atom is -0.441 e. The number of ketones is 1. The summed E-state index contributed by atoms with van der Waals surface area (Å²) >= 11 is 0. The summed E-state index contributed by atoms with van der Waals surface area (Å²) in [5.74, 6) is -2.01. The lowest BCUT2D eigenvalue weighted by molar-refractivity contribution is -0.132. The molecule has 0 bridgehead atoms. The molecule has 0 aliphatic carbocycles. The molecule has 43 heavy (non-hydrogen) atoms. The average molecular weight is 609 g/mol. The first kappa shape index (κ1) is 35.2. The van der Waals surface area contributed by atoms with Crippen LogP contribution in [0.25, 0.3) is 0 Å². The van der Waals surface area contributed by atoms with Crippen molar-refractivity contribution in [2.24, 2.45) is 11.8 Å². The Morgan fingerprint density at radius 3 is 2.05 bits per heavy atom. The third-order valence-electron chi connectivity index (χ3n) is 6.34. The molecule has 15 heteroatoms. The van der Waals surface area contributed by atoms with E-state index in [0.717, 1.165) is 0 Å². The Morgan fingerprint density at radius 1 is 0.930 bits per heavy atom. The molecule has 0 saturated carbocycles. The van der Waals surface area contributed by atoms with Gasteiger partial charge in [0.1, 0.15) is 11.6 Å².